The van der Waals surface area contributed by atoms with Gasteiger partial charge in [0.05, 0.1) is 12.7 Å². The van der Waals surface area contributed by atoms with Crippen LogP contribution < -0.4 is 5.32 Å². The van der Waals surface area contributed by atoms with Crippen molar-refractivity contribution < 1.29 is 4.39 Å². The molecule has 3 heteroatoms. The van der Waals surface area contributed by atoms with Crippen LogP contribution in [0, 0.1) is 0 Å². The molecule has 0 bridgehead atoms. The van der Waals surface area contributed by atoms with Crippen molar-refractivity contribution in [3.63, 3.8) is 0 Å². The Labute approximate surface area is 107 Å². The number of halogens is 1. The lowest BCUT2D eigenvalue weighted by molar-refractivity contribution is 0.450. The van der Waals surface area contributed by atoms with Crippen LogP contribution in [0.4, 0.5) is 4.39 Å². The molecule has 0 aliphatic rings. The van der Waals surface area contributed by atoms with E-state index in [1.54, 1.807) is 12.4 Å². The normalized spacial score (nSPS) is 12.3. The van der Waals surface area contributed by atoms with E-state index in [-0.39, 0.29) is 12.7 Å². The maximum Gasteiger partial charge on any atom is 0.0906 e. The van der Waals surface area contributed by atoms with Gasteiger partial charge in [-0.25, -0.2) is 0 Å². The molecule has 2 nitrogen and oxygen atoms in total. The Hall–Kier alpha value is -1.74. The van der Waals surface area contributed by atoms with Crippen molar-refractivity contribution in [3.05, 3.63) is 66.0 Å². The van der Waals surface area contributed by atoms with E-state index in [4.69, 9.17) is 0 Å². The Bertz CT molecular complexity index is 405. The van der Waals surface area contributed by atoms with Crippen LogP contribution >= 0.6 is 0 Å². The molecule has 94 valence electrons. The van der Waals surface area contributed by atoms with Crippen LogP contribution in [-0.2, 0) is 0 Å². The summed E-state index contributed by atoms with van der Waals surface area (Å²) in [5.41, 5.74) is 2.33. The third-order valence-corrected chi connectivity index (χ3v) is 2.83. The molecule has 1 unspecified atom stereocenters. The summed E-state index contributed by atoms with van der Waals surface area (Å²) in [5, 5.41) is 3.39. The Morgan fingerprint density at radius 1 is 1.00 bits per heavy atom. The lowest BCUT2D eigenvalue weighted by Gasteiger charge is -2.19. The number of alkyl halides is 1. The Morgan fingerprint density at radius 3 is 2.33 bits per heavy atom. The maximum absolute atomic E-state index is 12.2. The van der Waals surface area contributed by atoms with Gasteiger partial charge >= 0.3 is 0 Å². The number of aromatic nitrogens is 1. The molecule has 1 N–H and O–H groups in total. The van der Waals surface area contributed by atoms with E-state index < -0.39 is 0 Å². The van der Waals surface area contributed by atoms with Crippen molar-refractivity contribution in [2.24, 2.45) is 0 Å². The zero-order chi connectivity index (χ0) is 12.6. The zero-order valence-corrected chi connectivity index (χ0v) is 10.2. The van der Waals surface area contributed by atoms with Crippen molar-refractivity contribution in [1.82, 2.24) is 10.3 Å². The predicted octanol–water partition coefficient (Wildman–Crippen LogP) is 3.12. The maximum atomic E-state index is 12.2. The van der Waals surface area contributed by atoms with Gasteiger partial charge in [-0.15, -0.1) is 0 Å². The first-order valence-corrected chi connectivity index (χ1v) is 6.16. The number of pyridine rings is 1. The van der Waals surface area contributed by atoms with Gasteiger partial charge in [-0.3, -0.25) is 9.37 Å². The molecular formula is C15H17FN2. The van der Waals surface area contributed by atoms with Crippen LogP contribution in [-0.4, -0.2) is 18.2 Å². The van der Waals surface area contributed by atoms with Gasteiger partial charge in [0.15, 0.2) is 0 Å². The summed E-state index contributed by atoms with van der Waals surface area (Å²) in [6, 6.07) is 14.2. The van der Waals surface area contributed by atoms with Crippen LogP contribution in [0.1, 0.15) is 23.6 Å². The number of nitrogens with one attached hydrogen (secondary N) is 1. The average Bonchev–Trinajstić information content (AvgIpc) is 2.46. The fourth-order valence-corrected chi connectivity index (χ4v) is 1.94. The fraction of sp³-hybridized carbons (Fsp3) is 0.267. The number of hydrogen-bond acceptors (Lipinski definition) is 2. The largest absolute Gasteiger partial charge is 0.306 e. The highest BCUT2D eigenvalue weighted by Crippen LogP contribution is 2.20. The van der Waals surface area contributed by atoms with Gasteiger partial charge in [-0.05, 0) is 36.2 Å². The second-order valence-corrected chi connectivity index (χ2v) is 4.12. The summed E-state index contributed by atoms with van der Waals surface area (Å²) < 4.78 is 12.2. The first-order valence-electron chi connectivity index (χ1n) is 6.16. The first-order chi connectivity index (χ1) is 8.92. The Kier molecular flexibility index (Phi) is 4.85. The van der Waals surface area contributed by atoms with Gasteiger partial charge in [0, 0.05) is 12.4 Å². The van der Waals surface area contributed by atoms with Crippen LogP contribution in [0.15, 0.2) is 54.9 Å². The molecule has 1 atom stereocenters. The second-order valence-electron chi connectivity index (χ2n) is 4.12. The van der Waals surface area contributed by atoms with Gasteiger partial charge in [0.1, 0.15) is 0 Å². The molecule has 0 amide bonds. The van der Waals surface area contributed by atoms with Crippen LogP contribution in [0.25, 0.3) is 0 Å². The van der Waals surface area contributed by atoms with Crippen molar-refractivity contribution in [2.75, 3.05) is 13.2 Å². The SMILES string of the molecule is FCCCNC(c1ccccc1)c1ccncc1. The van der Waals surface area contributed by atoms with Gasteiger partial charge < -0.3 is 5.32 Å². The summed E-state index contributed by atoms with van der Waals surface area (Å²) in [6.07, 6.45) is 4.10. The smallest absolute Gasteiger partial charge is 0.0906 e. The third kappa shape index (κ3) is 3.37. The number of rotatable bonds is 6. The minimum atomic E-state index is -0.287. The molecule has 0 saturated carbocycles. The van der Waals surface area contributed by atoms with Crippen LogP contribution in [0.2, 0.25) is 0 Å². The zero-order valence-electron chi connectivity index (χ0n) is 10.2. The van der Waals surface area contributed by atoms with Gasteiger partial charge in [-0.1, -0.05) is 30.3 Å². The molecule has 1 aromatic carbocycles. The minimum absolute atomic E-state index is 0.0979. The summed E-state index contributed by atoms with van der Waals surface area (Å²) in [6.45, 7) is 0.378. The van der Waals surface area contributed by atoms with E-state index in [0.29, 0.717) is 13.0 Å². The van der Waals surface area contributed by atoms with Gasteiger partial charge in [-0.2, -0.15) is 0 Å². The molecule has 0 fully saturated rings. The number of benzene rings is 1. The highest BCUT2D eigenvalue weighted by Gasteiger charge is 2.12. The lowest BCUT2D eigenvalue weighted by atomic mass is 10.00. The minimum Gasteiger partial charge on any atom is -0.306 e. The molecule has 1 heterocycles. The molecule has 0 spiro atoms. The topological polar surface area (TPSA) is 24.9 Å². The van der Waals surface area contributed by atoms with Crippen LogP contribution in [0.5, 0.6) is 0 Å². The molecule has 0 aliphatic carbocycles. The highest BCUT2D eigenvalue weighted by atomic mass is 19.1. The molecule has 1 aromatic heterocycles. The predicted molar refractivity (Wildman–Crippen MR) is 71.1 cm³/mol. The van der Waals surface area contributed by atoms with E-state index in [2.05, 4.69) is 22.4 Å². The average molecular weight is 244 g/mol. The van der Waals surface area contributed by atoms with Crippen molar-refractivity contribution in [1.29, 1.82) is 0 Å². The highest BCUT2D eigenvalue weighted by molar-refractivity contribution is 5.30. The molecule has 18 heavy (non-hydrogen) atoms. The third-order valence-electron chi connectivity index (χ3n) is 2.83. The van der Waals surface area contributed by atoms with E-state index >= 15 is 0 Å². The standard InChI is InChI=1S/C15H17FN2/c16-9-4-10-18-15(13-5-2-1-3-6-13)14-7-11-17-12-8-14/h1-3,5-8,11-12,15,18H,4,9-10H2. The molecular weight excluding hydrogens is 227 g/mol. The summed E-state index contributed by atoms with van der Waals surface area (Å²) >= 11 is 0. The van der Waals surface area contributed by atoms with Crippen molar-refractivity contribution in [2.45, 2.75) is 12.5 Å². The molecule has 2 rings (SSSR count). The molecule has 0 saturated heterocycles. The summed E-state index contributed by atoms with van der Waals surface area (Å²) in [5.74, 6) is 0. The first kappa shape index (κ1) is 12.7. The van der Waals surface area contributed by atoms with Gasteiger partial charge in [0.25, 0.3) is 0 Å². The second kappa shape index (κ2) is 6.87. The Morgan fingerprint density at radius 2 is 1.67 bits per heavy atom. The Balaban J connectivity index is 2.18. The van der Waals surface area contributed by atoms with Crippen molar-refractivity contribution in [3.8, 4) is 0 Å². The van der Waals surface area contributed by atoms with E-state index in [9.17, 15) is 4.39 Å². The van der Waals surface area contributed by atoms with E-state index in [1.807, 2.05) is 30.3 Å². The van der Waals surface area contributed by atoms with Crippen LogP contribution in [0.3, 0.4) is 0 Å². The van der Waals surface area contributed by atoms with E-state index in [0.717, 1.165) is 5.56 Å². The number of hydrogen-bond donors (Lipinski definition) is 1. The molecule has 0 aliphatic heterocycles. The molecule has 2 aromatic rings. The quantitative estimate of drug-likeness (QED) is 0.790. The number of nitrogens with zero attached hydrogens (tertiary/aromatic N) is 1. The monoisotopic (exact) mass is 244 g/mol. The lowest BCUT2D eigenvalue weighted by Crippen LogP contribution is -2.23. The summed E-state index contributed by atoms with van der Waals surface area (Å²) in [7, 11) is 0. The summed E-state index contributed by atoms with van der Waals surface area (Å²) in [4.78, 5) is 4.03. The van der Waals surface area contributed by atoms with Gasteiger partial charge in [0.2, 0.25) is 0 Å². The van der Waals surface area contributed by atoms with E-state index in [1.165, 1.54) is 5.56 Å². The fourth-order valence-electron chi connectivity index (χ4n) is 1.94. The van der Waals surface area contributed by atoms with Crippen molar-refractivity contribution >= 4 is 0 Å². The molecule has 0 radical (unpaired) electrons.